The first-order valence-electron chi connectivity index (χ1n) is 11.5. The summed E-state index contributed by atoms with van der Waals surface area (Å²) in [7, 11) is 0. The molecular formula is C24H26BrF2N7O2S. The molecule has 13 heteroatoms. The standard InChI is InChI=1S/C24H26BrF2N7O2S/c1-6-33-12(4)15(8-29-33)14-7-16(21(26)27)30-24-17(14)19(20(37-24)22(28)35)31-23(36)10(2)9-34-13(5)18(25)11(3)32-34/h7-8,10,21H,6,9H2,1-5H3,(H2,28,35)(H,31,36). The number of nitrogens with one attached hydrogen (secondary N) is 1. The number of pyridine rings is 1. The van der Waals surface area contributed by atoms with Crippen LogP contribution in [0.15, 0.2) is 16.7 Å². The molecular weight excluding hydrogens is 568 g/mol. The van der Waals surface area contributed by atoms with E-state index >= 15 is 0 Å². The molecule has 4 rings (SSSR count). The Morgan fingerprint density at radius 3 is 2.43 bits per heavy atom. The van der Waals surface area contributed by atoms with Gasteiger partial charge in [-0.15, -0.1) is 11.3 Å². The predicted molar refractivity (Wildman–Crippen MR) is 142 cm³/mol. The molecule has 0 saturated heterocycles. The van der Waals surface area contributed by atoms with Crippen LogP contribution in [0.4, 0.5) is 14.5 Å². The Balaban J connectivity index is 1.83. The Hall–Kier alpha value is -3.19. The first kappa shape index (κ1) is 26.9. The van der Waals surface area contributed by atoms with Gasteiger partial charge in [-0.1, -0.05) is 6.92 Å². The largest absolute Gasteiger partial charge is 0.365 e. The quantitative estimate of drug-likeness (QED) is 0.284. The second kappa shape index (κ2) is 10.3. The number of carbonyl (C=O) groups is 2. The molecule has 0 aliphatic carbocycles. The fraction of sp³-hybridized carbons (Fsp3) is 0.375. The van der Waals surface area contributed by atoms with Gasteiger partial charge in [0.2, 0.25) is 5.91 Å². The van der Waals surface area contributed by atoms with Crippen LogP contribution >= 0.6 is 27.3 Å². The lowest BCUT2D eigenvalue weighted by Crippen LogP contribution is -2.26. The van der Waals surface area contributed by atoms with Crippen LogP contribution in [-0.4, -0.2) is 36.4 Å². The lowest BCUT2D eigenvalue weighted by atomic mass is 10.0. The highest BCUT2D eigenvalue weighted by Gasteiger charge is 2.27. The van der Waals surface area contributed by atoms with Crippen molar-refractivity contribution in [2.45, 2.75) is 54.1 Å². The number of thiophene rings is 1. The van der Waals surface area contributed by atoms with Crippen LogP contribution in [0.25, 0.3) is 21.3 Å². The molecule has 9 nitrogen and oxygen atoms in total. The number of halogens is 3. The number of amides is 2. The maximum absolute atomic E-state index is 13.8. The number of hydrogen-bond donors (Lipinski definition) is 2. The summed E-state index contributed by atoms with van der Waals surface area (Å²) in [6, 6.07) is 1.28. The minimum absolute atomic E-state index is 0.0325. The number of aromatic nitrogens is 5. The van der Waals surface area contributed by atoms with Crippen molar-refractivity contribution < 1.29 is 18.4 Å². The SMILES string of the molecule is CCn1ncc(-c2cc(C(F)F)nc3sc(C(N)=O)c(NC(=O)C(C)Cn4nc(C)c(Br)c4C)c23)c1C. The summed E-state index contributed by atoms with van der Waals surface area (Å²) in [5.74, 6) is -1.71. The van der Waals surface area contributed by atoms with E-state index in [9.17, 15) is 18.4 Å². The van der Waals surface area contributed by atoms with Crippen molar-refractivity contribution in [3.8, 4) is 11.1 Å². The van der Waals surface area contributed by atoms with Gasteiger partial charge in [0.1, 0.15) is 15.4 Å². The predicted octanol–water partition coefficient (Wildman–Crippen LogP) is 5.38. The van der Waals surface area contributed by atoms with Gasteiger partial charge < -0.3 is 11.1 Å². The van der Waals surface area contributed by atoms with Gasteiger partial charge in [-0.3, -0.25) is 19.0 Å². The zero-order valence-corrected chi connectivity index (χ0v) is 23.3. The molecule has 37 heavy (non-hydrogen) atoms. The van der Waals surface area contributed by atoms with Gasteiger partial charge in [0.15, 0.2) is 0 Å². The zero-order chi connectivity index (χ0) is 27.2. The molecule has 4 aromatic heterocycles. The summed E-state index contributed by atoms with van der Waals surface area (Å²) < 4.78 is 31.9. The van der Waals surface area contributed by atoms with Gasteiger partial charge in [0, 0.05) is 28.9 Å². The summed E-state index contributed by atoms with van der Waals surface area (Å²) in [6.45, 7) is 10.1. The maximum atomic E-state index is 13.8. The third-order valence-corrected chi connectivity index (χ3v) is 8.50. The molecule has 1 unspecified atom stereocenters. The van der Waals surface area contributed by atoms with Crippen molar-refractivity contribution in [1.29, 1.82) is 0 Å². The second-order valence-electron chi connectivity index (χ2n) is 8.76. The van der Waals surface area contributed by atoms with Crippen LogP contribution in [0.5, 0.6) is 0 Å². The third-order valence-electron chi connectivity index (χ3n) is 6.26. The Morgan fingerprint density at radius 1 is 1.19 bits per heavy atom. The van der Waals surface area contributed by atoms with E-state index < -0.39 is 23.9 Å². The number of carbonyl (C=O) groups excluding carboxylic acids is 2. The van der Waals surface area contributed by atoms with Crippen LogP contribution in [0, 0.1) is 26.7 Å². The van der Waals surface area contributed by atoms with Gasteiger partial charge in [-0.25, -0.2) is 13.8 Å². The van der Waals surface area contributed by atoms with E-state index in [-0.39, 0.29) is 21.3 Å². The molecule has 0 aromatic carbocycles. The van der Waals surface area contributed by atoms with E-state index in [0.29, 0.717) is 29.6 Å². The molecule has 0 spiro atoms. The van der Waals surface area contributed by atoms with Gasteiger partial charge in [0.05, 0.1) is 34.5 Å². The fourth-order valence-electron chi connectivity index (χ4n) is 4.21. The highest BCUT2D eigenvalue weighted by atomic mass is 79.9. The summed E-state index contributed by atoms with van der Waals surface area (Å²) in [6.07, 6.45) is -1.25. The number of nitrogens with zero attached hydrogens (tertiary/aromatic N) is 5. The van der Waals surface area contributed by atoms with Crippen LogP contribution in [0.2, 0.25) is 0 Å². The van der Waals surface area contributed by atoms with Crippen molar-refractivity contribution in [3.05, 3.63) is 44.4 Å². The van der Waals surface area contributed by atoms with Crippen LogP contribution in [0.3, 0.4) is 0 Å². The Labute approximate surface area is 224 Å². The lowest BCUT2D eigenvalue weighted by Gasteiger charge is -2.15. The van der Waals surface area contributed by atoms with Gasteiger partial charge in [-0.2, -0.15) is 10.2 Å². The first-order valence-corrected chi connectivity index (χ1v) is 13.1. The summed E-state index contributed by atoms with van der Waals surface area (Å²) in [4.78, 5) is 30.0. The van der Waals surface area contributed by atoms with Crippen molar-refractivity contribution in [3.63, 3.8) is 0 Å². The number of alkyl halides is 2. The van der Waals surface area contributed by atoms with Crippen molar-refractivity contribution in [2.24, 2.45) is 11.7 Å². The van der Waals surface area contributed by atoms with Gasteiger partial charge in [-0.05, 0) is 55.3 Å². The first-order chi connectivity index (χ1) is 17.4. The van der Waals surface area contributed by atoms with Crippen LogP contribution < -0.4 is 11.1 Å². The van der Waals surface area contributed by atoms with E-state index in [1.54, 1.807) is 22.5 Å². The molecule has 0 aliphatic heterocycles. The van der Waals surface area contributed by atoms with E-state index in [0.717, 1.165) is 32.9 Å². The molecule has 1 atom stereocenters. The van der Waals surface area contributed by atoms with Crippen LogP contribution in [0.1, 0.15) is 52.7 Å². The Kier molecular flexibility index (Phi) is 7.47. The van der Waals surface area contributed by atoms with Crippen molar-refractivity contribution >= 4 is 55.0 Å². The van der Waals surface area contributed by atoms with Crippen molar-refractivity contribution in [2.75, 3.05) is 5.32 Å². The van der Waals surface area contributed by atoms with E-state index in [2.05, 4.69) is 36.4 Å². The fourth-order valence-corrected chi connectivity index (χ4v) is 5.50. The molecule has 0 bridgehead atoms. The molecule has 196 valence electrons. The smallest absolute Gasteiger partial charge is 0.280 e. The number of primary amides is 1. The second-order valence-corrected chi connectivity index (χ2v) is 10.6. The number of nitrogens with two attached hydrogens (primary N) is 1. The monoisotopic (exact) mass is 593 g/mol. The van der Waals surface area contributed by atoms with Gasteiger partial charge >= 0.3 is 0 Å². The minimum Gasteiger partial charge on any atom is -0.365 e. The summed E-state index contributed by atoms with van der Waals surface area (Å²) >= 11 is 4.36. The topological polar surface area (TPSA) is 121 Å². The Bertz CT molecular complexity index is 1530. The molecule has 2 amide bonds. The maximum Gasteiger partial charge on any atom is 0.280 e. The molecule has 0 fully saturated rings. The average molecular weight is 594 g/mol. The third kappa shape index (κ3) is 4.89. The molecule has 0 radical (unpaired) electrons. The molecule has 3 N–H and O–H groups in total. The minimum atomic E-state index is -2.83. The van der Waals surface area contributed by atoms with Crippen LogP contribution in [-0.2, 0) is 17.9 Å². The number of rotatable bonds is 8. The number of anilines is 1. The number of aryl methyl sites for hydroxylation is 2. The highest BCUT2D eigenvalue weighted by molar-refractivity contribution is 9.10. The molecule has 0 saturated carbocycles. The highest BCUT2D eigenvalue weighted by Crippen LogP contribution is 2.43. The number of hydrogen-bond acceptors (Lipinski definition) is 6. The van der Waals surface area contributed by atoms with Crippen molar-refractivity contribution in [1.82, 2.24) is 24.5 Å². The zero-order valence-electron chi connectivity index (χ0n) is 20.9. The lowest BCUT2D eigenvalue weighted by molar-refractivity contribution is -0.119. The summed E-state index contributed by atoms with van der Waals surface area (Å²) in [5.41, 5.74) is 8.79. The normalized spacial score (nSPS) is 12.5. The van der Waals surface area contributed by atoms with E-state index in [1.807, 2.05) is 27.7 Å². The summed E-state index contributed by atoms with van der Waals surface area (Å²) in [5, 5.41) is 12.0. The molecule has 4 heterocycles. The molecule has 4 aromatic rings. The average Bonchev–Trinajstić information content (AvgIpc) is 3.48. The van der Waals surface area contributed by atoms with E-state index in [1.165, 1.54) is 6.07 Å². The van der Waals surface area contributed by atoms with Gasteiger partial charge in [0.25, 0.3) is 12.3 Å². The van der Waals surface area contributed by atoms with E-state index in [4.69, 9.17) is 5.73 Å². The number of fused-ring (bicyclic) bond motifs is 1. The Morgan fingerprint density at radius 2 is 1.89 bits per heavy atom. The molecule has 0 aliphatic rings.